The van der Waals surface area contributed by atoms with Gasteiger partial charge in [-0.05, 0) is 49.2 Å². The van der Waals surface area contributed by atoms with Gasteiger partial charge in [-0.3, -0.25) is 4.79 Å². The number of hydrogen-bond acceptors (Lipinski definition) is 4. The van der Waals surface area contributed by atoms with Crippen LogP contribution in [0.1, 0.15) is 23.2 Å². The average molecular weight is 333 g/mol. The minimum absolute atomic E-state index is 0.0436. The second-order valence-corrected chi connectivity index (χ2v) is 5.43. The van der Waals surface area contributed by atoms with Crippen molar-refractivity contribution in [2.24, 2.45) is 0 Å². The maximum Gasteiger partial charge on any atom is 0.387 e. The van der Waals surface area contributed by atoms with E-state index in [4.69, 9.17) is 0 Å². The third-order valence-electron chi connectivity index (χ3n) is 3.77. The van der Waals surface area contributed by atoms with E-state index in [1.165, 1.54) is 24.3 Å². The topological polar surface area (TPSA) is 54.5 Å². The van der Waals surface area contributed by atoms with Crippen molar-refractivity contribution in [3.05, 3.63) is 48.2 Å². The third kappa shape index (κ3) is 3.79. The van der Waals surface area contributed by atoms with Crippen LogP contribution < -0.4 is 15.0 Å². The molecule has 0 radical (unpaired) electrons. The molecule has 5 nitrogen and oxygen atoms in total. The Labute approximate surface area is 138 Å². The summed E-state index contributed by atoms with van der Waals surface area (Å²) in [6.07, 6.45) is 3.84. The predicted octanol–water partition coefficient (Wildman–Crippen LogP) is 3.54. The van der Waals surface area contributed by atoms with E-state index in [-0.39, 0.29) is 11.7 Å². The SMILES string of the molecule is O=C(Nc1ccc(OC(F)F)cc1)c1cccnc1N1CCCC1. The number of anilines is 2. The number of alkyl halides is 2. The second-order valence-electron chi connectivity index (χ2n) is 5.43. The first-order valence-electron chi connectivity index (χ1n) is 7.69. The van der Waals surface area contributed by atoms with Crippen LogP contribution >= 0.6 is 0 Å². The van der Waals surface area contributed by atoms with Crippen LogP contribution in [0.2, 0.25) is 0 Å². The number of aromatic nitrogens is 1. The molecule has 1 aromatic carbocycles. The molecular formula is C17H17F2N3O2. The molecule has 2 aromatic rings. The van der Waals surface area contributed by atoms with Gasteiger partial charge >= 0.3 is 6.61 Å². The summed E-state index contributed by atoms with van der Waals surface area (Å²) in [5.41, 5.74) is 0.991. The summed E-state index contributed by atoms with van der Waals surface area (Å²) in [4.78, 5) is 18.9. The van der Waals surface area contributed by atoms with E-state index in [9.17, 15) is 13.6 Å². The molecule has 0 aliphatic carbocycles. The second kappa shape index (κ2) is 7.25. The van der Waals surface area contributed by atoms with E-state index in [1.54, 1.807) is 18.3 Å². The van der Waals surface area contributed by atoms with Crippen LogP contribution in [-0.2, 0) is 0 Å². The Hall–Kier alpha value is -2.70. The summed E-state index contributed by atoms with van der Waals surface area (Å²) in [6, 6.07) is 9.24. The van der Waals surface area contributed by atoms with Gasteiger partial charge in [0.15, 0.2) is 0 Å². The molecule has 2 heterocycles. The zero-order valence-electron chi connectivity index (χ0n) is 12.9. The van der Waals surface area contributed by atoms with Gasteiger partial charge in [0.1, 0.15) is 11.6 Å². The van der Waals surface area contributed by atoms with E-state index in [0.29, 0.717) is 17.1 Å². The Morgan fingerprint density at radius 1 is 1.17 bits per heavy atom. The number of pyridine rings is 1. The van der Waals surface area contributed by atoms with Crippen molar-refractivity contribution < 1.29 is 18.3 Å². The zero-order valence-corrected chi connectivity index (χ0v) is 12.9. The third-order valence-corrected chi connectivity index (χ3v) is 3.77. The van der Waals surface area contributed by atoms with Crippen LogP contribution in [0.15, 0.2) is 42.6 Å². The maximum atomic E-state index is 12.5. The molecule has 0 unspecified atom stereocenters. The van der Waals surface area contributed by atoms with Crippen molar-refractivity contribution in [1.29, 1.82) is 0 Å². The largest absolute Gasteiger partial charge is 0.435 e. The lowest BCUT2D eigenvalue weighted by Crippen LogP contribution is -2.24. The molecule has 1 saturated heterocycles. The highest BCUT2D eigenvalue weighted by Gasteiger charge is 2.20. The molecule has 1 aliphatic heterocycles. The molecule has 3 rings (SSSR count). The van der Waals surface area contributed by atoms with E-state index in [0.717, 1.165) is 25.9 Å². The number of halogens is 2. The summed E-state index contributed by atoms with van der Waals surface area (Å²) in [5.74, 6) is 0.430. The lowest BCUT2D eigenvalue weighted by atomic mass is 10.2. The van der Waals surface area contributed by atoms with Gasteiger partial charge in [-0.2, -0.15) is 8.78 Å². The number of rotatable bonds is 5. The number of hydrogen-bond donors (Lipinski definition) is 1. The molecule has 0 spiro atoms. The van der Waals surface area contributed by atoms with Crippen molar-refractivity contribution in [1.82, 2.24) is 4.98 Å². The molecule has 1 amide bonds. The fourth-order valence-corrected chi connectivity index (χ4v) is 2.67. The first-order chi connectivity index (χ1) is 11.6. The Bertz CT molecular complexity index is 701. The molecule has 7 heteroatoms. The number of carbonyl (C=O) groups excluding carboxylic acids is 1. The molecular weight excluding hydrogens is 316 g/mol. The zero-order chi connectivity index (χ0) is 16.9. The first kappa shape index (κ1) is 16.2. The highest BCUT2D eigenvalue weighted by atomic mass is 19.3. The van der Waals surface area contributed by atoms with Crippen LogP contribution in [0.4, 0.5) is 20.3 Å². The fourth-order valence-electron chi connectivity index (χ4n) is 2.67. The standard InChI is InChI=1S/C17H17F2N3O2/c18-17(19)24-13-7-5-12(6-8-13)21-16(23)14-4-3-9-20-15(14)22-10-1-2-11-22/h3-9,17H,1-2,10-11H2,(H,21,23). The number of ether oxygens (including phenoxy) is 1. The minimum atomic E-state index is -2.87. The van der Waals surface area contributed by atoms with E-state index < -0.39 is 6.61 Å². The van der Waals surface area contributed by atoms with E-state index >= 15 is 0 Å². The summed E-state index contributed by atoms with van der Waals surface area (Å²) >= 11 is 0. The number of nitrogens with one attached hydrogen (secondary N) is 1. The van der Waals surface area contributed by atoms with Crippen LogP contribution in [0, 0.1) is 0 Å². The van der Waals surface area contributed by atoms with Gasteiger partial charge in [-0.25, -0.2) is 4.98 Å². The Balaban J connectivity index is 1.73. The van der Waals surface area contributed by atoms with Crippen molar-refractivity contribution >= 4 is 17.4 Å². The van der Waals surface area contributed by atoms with Crippen molar-refractivity contribution in [3.8, 4) is 5.75 Å². The van der Waals surface area contributed by atoms with Crippen molar-refractivity contribution in [2.45, 2.75) is 19.5 Å². The Morgan fingerprint density at radius 3 is 2.54 bits per heavy atom. The monoisotopic (exact) mass is 333 g/mol. The molecule has 1 aromatic heterocycles. The minimum Gasteiger partial charge on any atom is -0.435 e. The predicted molar refractivity (Wildman–Crippen MR) is 86.7 cm³/mol. The van der Waals surface area contributed by atoms with Crippen LogP contribution in [0.5, 0.6) is 5.75 Å². The van der Waals surface area contributed by atoms with Gasteiger partial charge in [0.05, 0.1) is 5.56 Å². The van der Waals surface area contributed by atoms with E-state index in [1.807, 2.05) is 0 Å². The molecule has 24 heavy (non-hydrogen) atoms. The van der Waals surface area contributed by atoms with E-state index in [2.05, 4.69) is 19.9 Å². The summed E-state index contributed by atoms with van der Waals surface area (Å²) < 4.78 is 28.6. The molecule has 1 N–H and O–H groups in total. The van der Waals surface area contributed by atoms with Crippen LogP contribution in [0.25, 0.3) is 0 Å². The van der Waals surface area contributed by atoms with Gasteiger partial charge in [0.2, 0.25) is 0 Å². The van der Waals surface area contributed by atoms with Gasteiger partial charge in [0, 0.05) is 25.0 Å². The molecule has 126 valence electrons. The maximum absolute atomic E-state index is 12.5. The highest BCUT2D eigenvalue weighted by Crippen LogP contribution is 2.23. The number of carbonyl (C=O) groups is 1. The molecule has 0 saturated carbocycles. The van der Waals surface area contributed by atoms with Gasteiger partial charge in [-0.1, -0.05) is 0 Å². The van der Waals surface area contributed by atoms with Gasteiger partial charge in [-0.15, -0.1) is 0 Å². The van der Waals surface area contributed by atoms with Gasteiger partial charge < -0.3 is 15.0 Å². The Kier molecular flexibility index (Phi) is 4.88. The summed E-state index contributed by atoms with van der Waals surface area (Å²) in [7, 11) is 0. The fraction of sp³-hybridized carbons (Fsp3) is 0.294. The lowest BCUT2D eigenvalue weighted by Gasteiger charge is -2.19. The smallest absolute Gasteiger partial charge is 0.387 e. The number of benzene rings is 1. The number of nitrogens with zero attached hydrogens (tertiary/aromatic N) is 2. The molecule has 0 atom stereocenters. The van der Waals surface area contributed by atoms with Crippen molar-refractivity contribution in [2.75, 3.05) is 23.3 Å². The Morgan fingerprint density at radius 2 is 1.88 bits per heavy atom. The molecule has 0 bridgehead atoms. The van der Waals surface area contributed by atoms with Crippen LogP contribution in [0.3, 0.4) is 0 Å². The van der Waals surface area contributed by atoms with Gasteiger partial charge in [0.25, 0.3) is 5.91 Å². The first-order valence-corrected chi connectivity index (χ1v) is 7.69. The summed E-state index contributed by atoms with van der Waals surface area (Å²) in [6.45, 7) is -1.10. The average Bonchev–Trinajstić information content (AvgIpc) is 3.10. The normalized spacial score (nSPS) is 14.0. The lowest BCUT2D eigenvalue weighted by molar-refractivity contribution is -0.0498. The molecule has 1 aliphatic rings. The quantitative estimate of drug-likeness (QED) is 0.909. The summed E-state index contributed by atoms with van der Waals surface area (Å²) in [5, 5.41) is 2.75. The van der Waals surface area contributed by atoms with Crippen LogP contribution in [-0.4, -0.2) is 30.6 Å². The molecule has 1 fully saturated rings. The highest BCUT2D eigenvalue weighted by molar-refractivity contribution is 6.07. The number of amides is 1. The van der Waals surface area contributed by atoms with Crippen molar-refractivity contribution in [3.63, 3.8) is 0 Å².